The average molecular weight is 193 g/mol. The fraction of sp³-hybridized carbons (Fsp3) is 0.200. The minimum absolute atomic E-state index is 0.1000. The minimum atomic E-state index is -0.585. The summed E-state index contributed by atoms with van der Waals surface area (Å²) in [5.74, 6) is -0.1000. The lowest BCUT2D eigenvalue weighted by Gasteiger charge is -2.06. The molecule has 1 aromatic rings. The van der Waals surface area contributed by atoms with Crippen molar-refractivity contribution in [1.29, 1.82) is 0 Å². The quantitative estimate of drug-likeness (QED) is 0.731. The highest BCUT2D eigenvalue weighted by Gasteiger charge is 2.08. The Kier molecular flexibility index (Phi) is 3.23. The minimum Gasteiger partial charge on any atom is -0.453 e. The molecule has 74 valence electrons. The maximum Gasteiger partial charge on any atom is 0.411 e. The molecule has 0 atom stereocenters. The van der Waals surface area contributed by atoms with Gasteiger partial charge in [-0.3, -0.25) is 10.1 Å². The molecule has 0 aromatic heterocycles. The Morgan fingerprint density at radius 2 is 1.93 bits per heavy atom. The van der Waals surface area contributed by atoms with Gasteiger partial charge in [0.15, 0.2) is 5.78 Å². The zero-order valence-corrected chi connectivity index (χ0v) is 8.03. The first-order valence-corrected chi connectivity index (χ1v) is 4.10. The highest BCUT2D eigenvalue weighted by molar-refractivity contribution is 6.02. The fourth-order valence-electron chi connectivity index (χ4n) is 1.06. The van der Waals surface area contributed by atoms with E-state index in [2.05, 4.69) is 10.1 Å². The number of ether oxygens (including phenoxy) is 1. The van der Waals surface area contributed by atoms with Crippen LogP contribution in [0.1, 0.15) is 17.3 Å². The van der Waals surface area contributed by atoms with Crippen molar-refractivity contribution in [2.45, 2.75) is 6.92 Å². The number of para-hydroxylation sites is 1. The number of Topliss-reactive ketones (excluding diaryl/α,β-unsaturated/α-hetero) is 1. The zero-order valence-electron chi connectivity index (χ0n) is 8.03. The number of nitrogens with one attached hydrogen (secondary N) is 1. The molecule has 0 unspecified atom stereocenters. The maximum atomic E-state index is 11.1. The first-order chi connectivity index (χ1) is 6.65. The molecule has 0 fully saturated rings. The largest absolute Gasteiger partial charge is 0.453 e. The topological polar surface area (TPSA) is 55.4 Å². The zero-order chi connectivity index (χ0) is 10.6. The third-order valence-electron chi connectivity index (χ3n) is 1.73. The van der Waals surface area contributed by atoms with Gasteiger partial charge in [-0.05, 0) is 19.1 Å². The molecule has 1 aromatic carbocycles. The summed E-state index contributed by atoms with van der Waals surface area (Å²) in [5, 5.41) is 2.46. The van der Waals surface area contributed by atoms with Gasteiger partial charge in [0, 0.05) is 5.56 Å². The smallest absolute Gasteiger partial charge is 0.411 e. The Morgan fingerprint density at radius 3 is 2.50 bits per heavy atom. The van der Waals surface area contributed by atoms with Gasteiger partial charge in [0.1, 0.15) is 0 Å². The number of rotatable bonds is 2. The van der Waals surface area contributed by atoms with E-state index >= 15 is 0 Å². The Morgan fingerprint density at radius 1 is 1.29 bits per heavy atom. The van der Waals surface area contributed by atoms with Crippen molar-refractivity contribution in [1.82, 2.24) is 0 Å². The van der Waals surface area contributed by atoms with E-state index < -0.39 is 6.09 Å². The number of ketones is 1. The van der Waals surface area contributed by atoms with Crippen molar-refractivity contribution in [2.75, 3.05) is 12.4 Å². The lowest BCUT2D eigenvalue weighted by Crippen LogP contribution is -2.13. The number of carbonyl (C=O) groups is 2. The molecule has 1 N–H and O–H groups in total. The van der Waals surface area contributed by atoms with Crippen LogP contribution in [0.25, 0.3) is 0 Å². The van der Waals surface area contributed by atoms with Crippen LogP contribution in [0, 0.1) is 0 Å². The van der Waals surface area contributed by atoms with Crippen LogP contribution in [-0.4, -0.2) is 19.0 Å². The second-order valence-electron chi connectivity index (χ2n) is 2.72. The van der Waals surface area contributed by atoms with E-state index in [1.165, 1.54) is 14.0 Å². The van der Waals surface area contributed by atoms with E-state index in [1.807, 2.05) is 0 Å². The normalized spacial score (nSPS) is 9.29. The van der Waals surface area contributed by atoms with E-state index in [9.17, 15) is 9.59 Å². The molecular formula is C10H11NO3. The van der Waals surface area contributed by atoms with Crippen LogP contribution >= 0.6 is 0 Å². The van der Waals surface area contributed by atoms with E-state index in [0.717, 1.165) is 0 Å². The molecule has 0 heterocycles. The first-order valence-electron chi connectivity index (χ1n) is 4.10. The molecule has 0 radical (unpaired) electrons. The number of benzene rings is 1. The summed E-state index contributed by atoms with van der Waals surface area (Å²) >= 11 is 0. The van der Waals surface area contributed by atoms with Crippen LogP contribution in [0.2, 0.25) is 0 Å². The van der Waals surface area contributed by atoms with Gasteiger partial charge in [-0.25, -0.2) is 4.79 Å². The summed E-state index contributed by atoms with van der Waals surface area (Å²) in [6.07, 6.45) is -0.585. The van der Waals surface area contributed by atoms with E-state index in [0.29, 0.717) is 11.3 Å². The molecule has 4 heteroatoms. The predicted octanol–water partition coefficient (Wildman–Crippen LogP) is 2.07. The van der Waals surface area contributed by atoms with Gasteiger partial charge < -0.3 is 4.74 Å². The van der Waals surface area contributed by atoms with Crippen molar-refractivity contribution in [3.8, 4) is 0 Å². The lowest BCUT2D eigenvalue weighted by atomic mass is 10.1. The van der Waals surface area contributed by atoms with Crippen molar-refractivity contribution < 1.29 is 14.3 Å². The summed E-state index contributed by atoms with van der Waals surface area (Å²) < 4.78 is 4.43. The van der Waals surface area contributed by atoms with Gasteiger partial charge in [-0.1, -0.05) is 12.1 Å². The van der Waals surface area contributed by atoms with Gasteiger partial charge in [0.2, 0.25) is 0 Å². The summed E-state index contributed by atoms with van der Waals surface area (Å²) in [6, 6.07) is 6.76. The number of anilines is 1. The summed E-state index contributed by atoms with van der Waals surface area (Å²) in [5.41, 5.74) is 0.935. The number of hydrogen-bond donors (Lipinski definition) is 1. The molecule has 4 nitrogen and oxygen atoms in total. The van der Waals surface area contributed by atoms with Crippen LogP contribution in [0.4, 0.5) is 10.5 Å². The monoisotopic (exact) mass is 193 g/mol. The van der Waals surface area contributed by atoms with E-state index in [4.69, 9.17) is 0 Å². The third-order valence-corrected chi connectivity index (χ3v) is 1.73. The second kappa shape index (κ2) is 4.41. The summed E-state index contributed by atoms with van der Waals surface area (Å²) in [7, 11) is 1.27. The predicted molar refractivity (Wildman–Crippen MR) is 52.5 cm³/mol. The highest BCUT2D eigenvalue weighted by Crippen LogP contribution is 2.15. The Labute approximate surface area is 81.9 Å². The Bertz CT molecular complexity index is 360. The maximum absolute atomic E-state index is 11.1. The number of methoxy groups -OCH3 is 1. The van der Waals surface area contributed by atoms with Crippen LogP contribution in [0.15, 0.2) is 24.3 Å². The molecule has 0 bridgehead atoms. The van der Waals surface area contributed by atoms with Gasteiger partial charge >= 0.3 is 6.09 Å². The van der Waals surface area contributed by atoms with Crippen molar-refractivity contribution >= 4 is 17.6 Å². The van der Waals surface area contributed by atoms with Crippen LogP contribution in [-0.2, 0) is 4.74 Å². The second-order valence-corrected chi connectivity index (χ2v) is 2.72. The molecule has 0 aliphatic rings. The molecule has 0 saturated carbocycles. The molecule has 0 aliphatic heterocycles. The van der Waals surface area contributed by atoms with Crippen LogP contribution in [0.5, 0.6) is 0 Å². The molecule has 1 rings (SSSR count). The summed E-state index contributed by atoms with van der Waals surface area (Å²) in [6.45, 7) is 1.44. The van der Waals surface area contributed by atoms with Gasteiger partial charge in [-0.15, -0.1) is 0 Å². The first kappa shape index (κ1) is 10.2. The van der Waals surface area contributed by atoms with Gasteiger partial charge in [0.05, 0.1) is 12.8 Å². The Hall–Kier alpha value is -1.84. The van der Waals surface area contributed by atoms with Crippen molar-refractivity contribution in [3.63, 3.8) is 0 Å². The summed E-state index contributed by atoms with van der Waals surface area (Å²) in [4.78, 5) is 22.1. The molecule has 1 amide bonds. The number of carbonyl (C=O) groups excluding carboxylic acids is 2. The van der Waals surface area contributed by atoms with Gasteiger partial charge in [0.25, 0.3) is 0 Å². The SMILES string of the molecule is COC(=O)Nc1ccccc1C(C)=O. The average Bonchev–Trinajstić information content (AvgIpc) is 2.18. The van der Waals surface area contributed by atoms with Crippen LogP contribution in [0.3, 0.4) is 0 Å². The van der Waals surface area contributed by atoms with Gasteiger partial charge in [-0.2, -0.15) is 0 Å². The molecule has 14 heavy (non-hydrogen) atoms. The Balaban J connectivity index is 2.95. The lowest BCUT2D eigenvalue weighted by molar-refractivity contribution is 0.101. The van der Waals surface area contributed by atoms with Crippen LogP contribution < -0.4 is 5.32 Å². The van der Waals surface area contributed by atoms with E-state index in [1.54, 1.807) is 24.3 Å². The fourth-order valence-corrected chi connectivity index (χ4v) is 1.06. The molecule has 0 aliphatic carbocycles. The molecule has 0 spiro atoms. The third kappa shape index (κ3) is 2.32. The molecule has 0 saturated heterocycles. The van der Waals surface area contributed by atoms with E-state index in [-0.39, 0.29) is 5.78 Å². The molecular weight excluding hydrogens is 182 g/mol. The van der Waals surface area contributed by atoms with Crippen molar-refractivity contribution in [3.05, 3.63) is 29.8 Å². The van der Waals surface area contributed by atoms with Crippen molar-refractivity contribution in [2.24, 2.45) is 0 Å². The number of hydrogen-bond acceptors (Lipinski definition) is 3. The number of amides is 1. The highest BCUT2D eigenvalue weighted by atomic mass is 16.5. The standard InChI is InChI=1S/C10H11NO3/c1-7(12)8-5-3-4-6-9(8)11-10(13)14-2/h3-6H,1-2H3,(H,11,13).